The van der Waals surface area contributed by atoms with Crippen LogP contribution < -0.4 is 0 Å². The number of alkyl halides is 2. The van der Waals surface area contributed by atoms with Gasteiger partial charge in [-0.15, -0.1) is 0 Å². The SMILES string of the molecule is CC(=O)N=C(c1ccccc1)C(Cl)Cl. The highest BCUT2D eigenvalue weighted by molar-refractivity contribution is 6.56. The van der Waals surface area contributed by atoms with Gasteiger partial charge in [-0.1, -0.05) is 53.5 Å². The van der Waals surface area contributed by atoms with Crippen molar-refractivity contribution >= 4 is 34.8 Å². The average Bonchev–Trinajstić information content (AvgIpc) is 2.15. The van der Waals surface area contributed by atoms with Gasteiger partial charge in [0.1, 0.15) is 4.84 Å². The number of benzene rings is 1. The molecule has 1 amide bonds. The second kappa shape index (κ2) is 5.13. The molecule has 0 radical (unpaired) electrons. The first-order valence-corrected chi connectivity index (χ1v) is 4.91. The molecule has 4 heteroatoms. The van der Waals surface area contributed by atoms with Crippen LogP contribution >= 0.6 is 23.2 Å². The Bertz CT molecular complexity index is 346. The molecule has 0 saturated heterocycles. The minimum Gasteiger partial charge on any atom is -0.273 e. The first-order chi connectivity index (χ1) is 6.61. The lowest BCUT2D eigenvalue weighted by molar-refractivity contribution is -0.115. The quantitative estimate of drug-likeness (QED) is 0.567. The molecule has 2 nitrogen and oxygen atoms in total. The Morgan fingerprint density at radius 2 is 1.86 bits per heavy atom. The van der Waals surface area contributed by atoms with Crippen LogP contribution in [0.5, 0.6) is 0 Å². The van der Waals surface area contributed by atoms with Gasteiger partial charge in [0.15, 0.2) is 0 Å². The zero-order chi connectivity index (χ0) is 10.6. The summed E-state index contributed by atoms with van der Waals surface area (Å²) in [7, 11) is 0. The van der Waals surface area contributed by atoms with Gasteiger partial charge in [0.25, 0.3) is 0 Å². The second-order valence-electron chi connectivity index (χ2n) is 2.68. The Balaban J connectivity index is 3.08. The molecule has 0 fully saturated rings. The maximum Gasteiger partial charge on any atom is 0.242 e. The number of amides is 1. The van der Waals surface area contributed by atoms with E-state index in [-0.39, 0.29) is 5.91 Å². The van der Waals surface area contributed by atoms with E-state index >= 15 is 0 Å². The lowest BCUT2D eigenvalue weighted by Crippen LogP contribution is -2.11. The van der Waals surface area contributed by atoms with Crippen molar-refractivity contribution in [2.75, 3.05) is 0 Å². The number of rotatable bonds is 2. The predicted octanol–water partition coefficient (Wildman–Crippen LogP) is 2.83. The van der Waals surface area contributed by atoms with Crippen molar-refractivity contribution in [1.29, 1.82) is 0 Å². The molecule has 0 atom stereocenters. The fourth-order valence-electron chi connectivity index (χ4n) is 1.02. The third kappa shape index (κ3) is 3.13. The number of halogens is 2. The molecule has 0 bridgehead atoms. The highest BCUT2D eigenvalue weighted by Gasteiger charge is 2.12. The fraction of sp³-hybridized carbons (Fsp3) is 0.200. The van der Waals surface area contributed by atoms with Gasteiger partial charge in [-0.2, -0.15) is 0 Å². The number of aliphatic imine (C=N–C) groups is 1. The van der Waals surface area contributed by atoms with Gasteiger partial charge in [0.05, 0.1) is 5.71 Å². The Hall–Kier alpha value is -0.860. The van der Waals surface area contributed by atoms with Crippen LogP contribution in [0, 0.1) is 0 Å². The van der Waals surface area contributed by atoms with E-state index in [1.54, 1.807) is 12.1 Å². The molecule has 74 valence electrons. The number of hydrogen-bond acceptors (Lipinski definition) is 1. The minimum absolute atomic E-state index is 0.310. The minimum atomic E-state index is -0.790. The summed E-state index contributed by atoms with van der Waals surface area (Å²) in [5.41, 5.74) is 1.15. The zero-order valence-corrected chi connectivity index (χ0v) is 9.09. The van der Waals surface area contributed by atoms with E-state index in [1.807, 2.05) is 18.2 Å². The van der Waals surface area contributed by atoms with Crippen molar-refractivity contribution in [3.63, 3.8) is 0 Å². The van der Waals surface area contributed by atoms with Crippen LogP contribution in [0.4, 0.5) is 0 Å². The number of carbonyl (C=O) groups excluding carboxylic acids is 1. The van der Waals surface area contributed by atoms with Crippen LogP contribution in [0.1, 0.15) is 12.5 Å². The van der Waals surface area contributed by atoms with Crippen LogP contribution in [-0.4, -0.2) is 16.5 Å². The summed E-state index contributed by atoms with van der Waals surface area (Å²) in [6.07, 6.45) is 0. The van der Waals surface area contributed by atoms with E-state index in [1.165, 1.54) is 6.92 Å². The molecule has 0 heterocycles. The molecule has 0 aromatic heterocycles. The monoisotopic (exact) mass is 229 g/mol. The molecule has 0 spiro atoms. The Kier molecular flexibility index (Phi) is 4.11. The average molecular weight is 230 g/mol. The van der Waals surface area contributed by atoms with E-state index in [0.717, 1.165) is 5.56 Å². The van der Waals surface area contributed by atoms with E-state index < -0.39 is 4.84 Å². The normalized spacial score (nSPS) is 11.9. The summed E-state index contributed by atoms with van der Waals surface area (Å²) in [6, 6.07) is 9.15. The highest BCUT2D eigenvalue weighted by atomic mass is 35.5. The predicted molar refractivity (Wildman–Crippen MR) is 59.2 cm³/mol. The van der Waals surface area contributed by atoms with E-state index in [4.69, 9.17) is 23.2 Å². The van der Waals surface area contributed by atoms with Gasteiger partial charge in [-0.25, -0.2) is 4.99 Å². The summed E-state index contributed by atoms with van der Waals surface area (Å²) < 4.78 is 0. The smallest absolute Gasteiger partial charge is 0.242 e. The molecule has 1 aromatic rings. The van der Waals surface area contributed by atoms with Gasteiger partial charge >= 0.3 is 0 Å². The Morgan fingerprint density at radius 1 is 1.29 bits per heavy atom. The van der Waals surface area contributed by atoms with E-state index in [2.05, 4.69) is 4.99 Å². The van der Waals surface area contributed by atoms with Crippen molar-refractivity contribution in [2.24, 2.45) is 4.99 Å². The van der Waals surface area contributed by atoms with Gasteiger partial charge in [-0.05, 0) is 5.56 Å². The summed E-state index contributed by atoms with van der Waals surface area (Å²) in [6.45, 7) is 1.36. The van der Waals surface area contributed by atoms with Crippen LogP contribution in [0.15, 0.2) is 35.3 Å². The second-order valence-corrected chi connectivity index (χ2v) is 3.78. The first kappa shape index (κ1) is 11.2. The van der Waals surface area contributed by atoms with Crippen LogP contribution in [0.3, 0.4) is 0 Å². The van der Waals surface area contributed by atoms with Crippen molar-refractivity contribution in [3.05, 3.63) is 35.9 Å². The molecule has 0 saturated carbocycles. The van der Waals surface area contributed by atoms with Crippen molar-refractivity contribution in [3.8, 4) is 0 Å². The molecule has 1 rings (SSSR count). The lowest BCUT2D eigenvalue weighted by Gasteiger charge is -2.05. The number of carbonyl (C=O) groups is 1. The molecule has 0 aliphatic heterocycles. The van der Waals surface area contributed by atoms with Crippen LogP contribution in [-0.2, 0) is 4.79 Å². The largest absolute Gasteiger partial charge is 0.273 e. The third-order valence-electron chi connectivity index (χ3n) is 1.55. The van der Waals surface area contributed by atoms with Crippen molar-refractivity contribution < 1.29 is 4.79 Å². The third-order valence-corrected chi connectivity index (χ3v) is 1.97. The Labute approximate surface area is 92.6 Å². The molecule has 1 aromatic carbocycles. The first-order valence-electron chi connectivity index (χ1n) is 4.04. The van der Waals surface area contributed by atoms with Crippen LogP contribution in [0.25, 0.3) is 0 Å². The van der Waals surface area contributed by atoms with Crippen LogP contribution in [0.2, 0.25) is 0 Å². The summed E-state index contributed by atoms with van der Waals surface area (Å²) >= 11 is 11.4. The number of hydrogen-bond donors (Lipinski definition) is 0. The molecule has 0 aliphatic rings. The highest BCUT2D eigenvalue weighted by Crippen LogP contribution is 2.13. The maximum atomic E-state index is 10.8. The molecule has 0 aliphatic carbocycles. The topological polar surface area (TPSA) is 29.4 Å². The summed E-state index contributed by atoms with van der Waals surface area (Å²) in [5, 5.41) is 0. The zero-order valence-electron chi connectivity index (χ0n) is 7.58. The van der Waals surface area contributed by atoms with Gasteiger partial charge < -0.3 is 0 Å². The molecule has 0 unspecified atom stereocenters. The van der Waals surface area contributed by atoms with Gasteiger partial charge in [0.2, 0.25) is 5.91 Å². The van der Waals surface area contributed by atoms with Crippen molar-refractivity contribution in [1.82, 2.24) is 0 Å². The van der Waals surface area contributed by atoms with E-state index in [9.17, 15) is 4.79 Å². The van der Waals surface area contributed by atoms with Crippen molar-refractivity contribution in [2.45, 2.75) is 11.8 Å². The maximum absolute atomic E-state index is 10.8. The summed E-state index contributed by atoms with van der Waals surface area (Å²) in [5.74, 6) is -0.310. The van der Waals surface area contributed by atoms with E-state index in [0.29, 0.717) is 5.71 Å². The molecular weight excluding hydrogens is 221 g/mol. The van der Waals surface area contributed by atoms with Gasteiger partial charge in [0, 0.05) is 6.92 Å². The molecule has 14 heavy (non-hydrogen) atoms. The fourth-order valence-corrected chi connectivity index (χ4v) is 1.37. The summed E-state index contributed by atoms with van der Waals surface area (Å²) in [4.78, 5) is 13.8. The number of nitrogens with zero attached hydrogens (tertiary/aromatic N) is 1. The molecule has 0 N–H and O–H groups in total. The van der Waals surface area contributed by atoms with Gasteiger partial charge in [-0.3, -0.25) is 4.79 Å². The Morgan fingerprint density at radius 3 is 2.29 bits per heavy atom. The standard InChI is InChI=1S/C10H9Cl2NO/c1-7(14)13-9(10(11)12)8-5-3-2-4-6-8/h2-6,10H,1H3. The molecular formula is C10H9Cl2NO. The lowest BCUT2D eigenvalue weighted by atomic mass is 10.1.